The fourth-order valence-corrected chi connectivity index (χ4v) is 8.95. The molecule has 8 aromatic carbocycles. The minimum absolute atomic E-state index is 0.400. The van der Waals surface area contributed by atoms with Crippen LogP contribution in [0.1, 0.15) is 31.8 Å². The van der Waals surface area contributed by atoms with Crippen molar-refractivity contribution in [3.05, 3.63) is 204 Å². The van der Waals surface area contributed by atoms with Crippen molar-refractivity contribution in [1.82, 2.24) is 19.8 Å². The lowest BCUT2D eigenvalue weighted by Gasteiger charge is -2.14. The summed E-state index contributed by atoms with van der Waals surface area (Å²) in [5, 5.41) is 10.2. The van der Waals surface area contributed by atoms with Crippen molar-refractivity contribution >= 4 is 34.0 Å². The predicted octanol–water partition coefficient (Wildman–Crippen LogP) is 9.59. The average Bonchev–Trinajstić information content (AvgIpc) is 3.91. The van der Waals surface area contributed by atoms with Gasteiger partial charge in [0.25, 0.3) is 0 Å². The van der Waals surface area contributed by atoms with Gasteiger partial charge in [-0.25, -0.2) is 9.59 Å². The summed E-state index contributed by atoms with van der Waals surface area (Å²) in [4.78, 5) is 27.2. The molecule has 7 aliphatic rings. The highest BCUT2D eigenvalue weighted by atomic mass is 16.5. The van der Waals surface area contributed by atoms with E-state index < -0.39 is 11.9 Å². The van der Waals surface area contributed by atoms with E-state index in [0.29, 0.717) is 24.2 Å². The largest absolute Gasteiger partial charge is 0.465 e. The number of aromatic nitrogens is 6. The van der Waals surface area contributed by atoms with Crippen LogP contribution in [0, 0.1) is 0 Å². The Labute approximate surface area is 368 Å². The number of para-hydroxylation sites is 4. The highest BCUT2D eigenvalue weighted by Crippen LogP contribution is 2.36. The first kappa shape index (κ1) is 38.4. The van der Waals surface area contributed by atoms with E-state index in [1.54, 1.807) is 0 Å². The number of rotatable bonds is 2. The maximum Gasteiger partial charge on any atom is 0.339 e. The van der Waals surface area contributed by atoms with Gasteiger partial charge in [0.05, 0.1) is 35.8 Å². The van der Waals surface area contributed by atoms with E-state index in [-0.39, 0.29) is 0 Å². The van der Waals surface area contributed by atoms with Gasteiger partial charge in [-0.3, -0.25) is 0 Å². The summed E-state index contributed by atoms with van der Waals surface area (Å²) in [7, 11) is 2.84. The molecule has 17 rings (SSSR count). The lowest BCUT2D eigenvalue weighted by molar-refractivity contribution is -0.724. The van der Waals surface area contributed by atoms with Crippen LogP contribution in [0.5, 0.6) is 0 Å². The molecule has 0 spiro atoms. The topological polar surface area (TPSA) is 96.0 Å². The van der Waals surface area contributed by atoms with Gasteiger partial charge in [-0.1, -0.05) is 143 Å². The first-order valence-electron chi connectivity index (χ1n) is 21.0. The van der Waals surface area contributed by atoms with Crippen LogP contribution < -0.4 is 9.36 Å². The Kier molecular flexibility index (Phi) is 9.46. The van der Waals surface area contributed by atoms with Crippen LogP contribution in [0.3, 0.4) is 0 Å². The van der Waals surface area contributed by atoms with Gasteiger partial charge in [0.1, 0.15) is 13.1 Å². The lowest BCUT2D eigenvalue weighted by Crippen LogP contribution is -2.37. The zero-order valence-corrected chi connectivity index (χ0v) is 35.1. The zero-order valence-electron chi connectivity index (χ0n) is 35.1. The van der Waals surface area contributed by atoms with Crippen molar-refractivity contribution in [2.45, 2.75) is 13.1 Å². The minimum Gasteiger partial charge on any atom is -0.465 e. The van der Waals surface area contributed by atoms with Gasteiger partial charge < -0.3 is 9.47 Å². The minimum atomic E-state index is -0.416. The van der Waals surface area contributed by atoms with Gasteiger partial charge in [-0.15, -0.1) is 9.36 Å². The molecule has 0 amide bonds. The molecule has 0 atom stereocenters. The molecule has 0 unspecified atom stereocenters. The molecule has 0 saturated carbocycles. The maximum atomic E-state index is 13.7. The highest BCUT2D eigenvalue weighted by molar-refractivity contribution is 6.05. The molecule has 0 radical (unpaired) electrons. The molecule has 0 fully saturated rings. The Morgan fingerprint density at radius 1 is 0.422 bits per heavy atom. The molecule has 10 aromatic rings. The Morgan fingerprint density at radius 3 is 1.09 bits per heavy atom. The number of hydrogen-bond acceptors (Lipinski definition) is 6. The summed E-state index contributed by atoms with van der Waals surface area (Å²) in [5.41, 5.74) is 15.3. The number of carbonyl (C=O) groups excluding carboxylic acids is 2. The Morgan fingerprint density at radius 2 is 0.750 bits per heavy atom. The Hall–Kier alpha value is -8.50. The van der Waals surface area contributed by atoms with Crippen LogP contribution in [0.4, 0.5) is 0 Å². The number of ether oxygens (including phenoxy) is 2. The second-order valence-corrected chi connectivity index (χ2v) is 15.8. The molecule has 7 aliphatic heterocycles. The van der Waals surface area contributed by atoms with Gasteiger partial charge in [-0.2, -0.15) is 0 Å². The van der Waals surface area contributed by atoms with Gasteiger partial charge in [0, 0.05) is 0 Å². The molecule has 0 saturated heterocycles. The standard InChI is InChI=1S/C54H40N6O4/c1-63-53(61)51-43-9-7-10-44(51)38-23-19-36(20-24-38)34-58-48-14-4-6-16-50(48)60(56-58)42-31-27-40(28-32-42)46-12-8-11-45(52(46)54(62)64-2)39-25-29-41(30-26-39)59-49-15-5-3-13-47(49)57(55-59)33-35-17-21-37(43)22-18-35/h3-32H,33-34H2,1-2H3/q+2. The van der Waals surface area contributed by atoms with Crippen LogP contribution in [-0.4, -0.2) is 45.9 Å². The van der Waals surface area contributed by atoms with Crippen molar-refractivity contribution in [3.8, 4) is 55.9 Å². The van der Waals surface area contributed by atoms with Gasteiger partial charge in [0.2, 0.25) is 11.0 Å². The zero-order chi connectivity index (χ0) is 43.3. The van der Waals surface area contributed by atoms with Crippen molar-refractivity contribution in [2.75, 3.05) is 14.2 Å². The summed E-state index contributed by atoms with van der Waals surface area (Å²) >= 11 is 0. The summed E-state index contributed by atoms with van der Waals surface area (Å²) in [6, 6.07) is 60.8. The van der Waals surface area contributed by atoms with Crippen LogP contribution >= 0.6 is 0 Å². The number of nitrogens with zero attached hydrogens (tertiary/aromatic N) is 6. The predicted molar refractivity (Wildman–Crippen MR) is 245 cm³/mol. The van der Waals surface area contributed by atoms with Crippen LogP contribution in [0.15, 0.2) is 182 Å². The molecule has 64 heavy (non-hydrogen) atoms. The molecule has 308 valence electrons. The van der Waals surface area contributed by atoms with E-state index in [9.17, 15) is 9.59 Å². The summed E-state index contributed by atoms with van der Waals surface area (Å²) in [6.07, 6.45) is 0. The SMILES string of the molecule is COC(=O)c1c2cccc1-c1ccc(cc1)C[n+]1nn(c3ccccc31)-c1ccc(cc1)-c1cccc(c1C(=O)OC)-c1ccc(cc1)-n1n[n+](c3ccccc31)Cc1ccc-2cc1. The highest BCUT2D eigenvalue weighted by Gasteiger charge is 2.25. The normalized spacial score (nSPS) is 11.9. The summed E-state index contributed by atoms with van der Waals surface area (Å²) < 4.78 is 18.7. The fourth-order valence-electron chi connectivity index (χ4n) is 8.95. The molecule has 10 nitrogen and oxygen atoms in total. The monoisotopic (exact) mass is 836 g/mol. The molecular weight excluding hydrogens is 797 g/mol. The quantitative estimate of drug-likeness (QED) is 0.127. The number of fused-ring (bicyclic) bond motifs is 2. The average molecular weight is 837 g/mol. The number of benzene rings is 8. The first-order valence-corrected chi connectivity index (χ1v) is 21.0. The molecular formula is C54H40N6O4+2. The fraction of sp³-hybridized carbons (Fsp3) is 0.0741. The van der Waals surface area contributed by atoms with Crippen LogP contribution in [-0.2, 0) is 22.6 Å². The van der Waals surface area contributed by atoms with Crippen molar-refractivity contribution in [1.29, 1.82) is 0 Å². The van der Waals surface area contributed by atoms with E-state index in [2.05, 4.69) is 48.5 Å². The number of carbonyl (C=O) groups is 2. The van der Waals surface area contributed by atoms with Crippen molar-refractivity contribution in [2.24, 2.45) is 0 Å². The van der Waals surface area contributed by atoms with Gasteiger partial charge >= 0.3 is 11.9 Å². The van der Waals surface area contributed by atoms with Gasteiger partial charge in [0.15, 0.2) is 22.4 Å². The second kappa shape index (κ2) is 15.8. The summed E-state index contributed by atoms with van der Waals surface area (Å²) in [5.74, 6) is -0.816. The number of methoxy groups -OCH3 is 2. The van der Waals surface area contributed by atoms with E-state index in [1.165, 1.54) is 14.2 Å². The van der Waals surface area contributed by atoms with E-state index in [1.807, 2.05) is 152 Å². The molecule has 10 heteroatoms. The second-order valence-electron chi connectivity index (χ2n) is 15.8. The Balaban J connectivity index is 1.08. The van der Waals surface area contributed by atoms with Gasteiger partial charge in [-0.05, 0) is 104 Å². The molecule has 0 aliphatic carbocycles. The summed E-state index contributed by atoms with van der Waals surface area (Å²) in [6.45, 7) is 1.04. The van der Waals surface area contributed by atoms with E-state index >= 15 is 0 Å². The third kappa shape index (κ3) is 6.60. The third-order valence-corrected chi connectivity index (χ3v) is 12.1. The van der Waals surface area contributed by atoms with Crippen LogP contribution in [0.2, 0.25) is 0 Å². The number of esters is 2. The number of hydrogen-bond donors (Lipinski definition) is 0. The smallest absolute Gasteiger partial charge is 0.339 e. The first-order chi connectivity index (χ1) is 31.4. The van der Waals surface area contributed by atoms with E-state index in [0.717, 1.165) is 89.1 Å². The van der Waals surface area contributed by atoms with Crippen molar-refractivity contribution in [3.63, 3.8) is 0 Å². The molecule has 9 heterocycles. The molecule has 2 aromatic heterocycles. The van der Waals surface area contributed by atoms with Crippen LogP contribution in [0.25, 0.3) is 77.9 Å². The van der Waals surface area contributed by atoms with Crippen molar-refractivity contribution < 1.29 is 28.4 Å². The van der Waals surface area contributed by atoms with E-state index in [4.69, 9.17) is 19.9 Å². The molecule has 16 bridgehead atoms. The molecule has 0 N–H and O–H groups in total. The third-order valence-electron chi connectivity index (χ3n) is 12.1. The lowest BCUT2D eigenvalue weighted by atomic mass is 9.91. The Bertz CT molecular complexity index is 3220. The maximum absolute atomic E-state index is 13.7.